The number of nitrogens with one attached hydrogen (secondary N) is 2. The van der Waals surface area contributed by atoms with Crippen LogP contribution >= 0.6 is 27.5 Å². The van der Waals surface area contributed by atoms with E-state index in [1.165, 1.54) is 6.20 Å². The van der Waals surface area contributed by atoms with Crippen molar-refractivity contribution in [3.63, 3.8) is 0 Å². The predicted octanol–water partition coefficient (Wildman–Crippen LogP) is 2.66. The third-order valence-electron chi connectivity index (χ3n) is 2.51. The molecule has 2 aromatic rings. The van der Waals surface area contributed by atoms with Crippen LogP contribution in [-0.4, -0.2) is 18.6 Å². The van der Waals surface area contributed by atoms with E-state index < -0.39 is 20.7 Å². The third-order valence-corrected chi connectivity index (χ3v) is 5.24. The van der Waals surface area contributed by atoms with Crippen molar-refractivity contribution in [2.75, 3.05) is 10.5 Å². The molecule has 6 nitrogen and oxygen atoms in total. The minimum atomic E-state index is -4.18. The van der Waals surface area contributed by atoms with E-state index in [4.69, 9.17) is 17.3 Å². The second kappa shape index (κ2) is 5.23. The van der Waals surface area contributed by atoms with Crippen LogP contribution in [0.4, 0.5) is 15.9 Å². The van der Waals surface area contributed by atoms with Crippen molar-refractivity contribution in [1.82, 2.24) is 10.2 Å². The van der Waals surface area contributed by atoms with Gasteiger partial charge < -0.3 is 5.73 Å². The summed E-state index contributed by atoms with van der Waals surface area (Å²) in [5.41, 5.74) is 5.65. The first-order chi connectivity index (χ1) is 9.24. The zero-order valence-electron chi connectivity index (χ0n) is 10.0. The summed E-state index contributed by atoms with van der Waals surface area (Å²) in [6.07, 6.45) is 1.43. The number of hydrogen-bond donors (Lipinski definition) is 3. The van der Waals surface area contributed by atoms with Gasteiger partial charge in [-0.3, -0.25) is 9.82 Å². The molecule has 0 fully saturated rings. The van der Waals surface area contributed by atoms with Crippen LogP contribution in [0.5, 0.6) is 0 Å². The van der Waals surface area contributed by atoms with E-state index in [0.29, 0.717) is 5.56 Å². The summed E-state index contributed by atoms with van der Waals surface area (Å²) in [7, 11) is -4.18. The lowest BCUT2D eigenvalue weighted by molar-refractivity contribution is 0.572. The quantitative estimate of drug-likeness (QED) is 0.560. The van der Waals surface area contributed by atoms with Crippen molar-refractivity contribution in [2.24, 2.45) is 0 Å². The molecule has 0 unspecified atom stereocenters. The first kappa shape index (κ1) is 15.1. The summed E-state index contributed by atoms with van der Waals surface area (Å²) in [6.45, 7) is 1.64. The van der Waals surface area contributed by atoms with E-state index in [1.807, 2.05) is 0 Å². The summed E-state index contributed by atoms with van der Waals surface area (Å²) in [4.78, 5) is -0.641. The van der Waals surface area contributed by atoms with Crippen LogP contribution in [0.15, 0.2) is 21.6 Å². The Morgan fingerprint density at radius 2 is 2.20 bits per heavy atom. The highest BCUT2D eigenvalue weighted by atomic mass is 79.9. The number of rotatable bonds is 3. The van der Waals surface area contributed by atoms with Crippen LogP contribution in [0.3, 0.4) is 0 Å². The first-order valence-electron chi connectivity index (χ1n) is 5.20. The molecule has 1 aromatic carbocycles. The number of hydrogen-bond acceptors (Lipinski definition) is 4. The molecule has 2 rings (SSSR count). The van der Waals surface area contributed by atoms with Gasteiger partial charge in [0, 0.05) is 5.56 Å². The Labute approximate surface area is 127 Å². The fraction of sp³-hybridized carbons (Fsp3) is 0.100. The highest BCUT2D eigenvalue weighted by Gasteiger charge is 2.25. The number of halogens is 3. The molecule has 0 aliphatic carbocycles. The van der Waals surface area contributed by atoms with Gasteiger partial charge in [0.25, 0.3) is 10.0 Å². The lowest BCUT2D eigenvalue weighted by Crippen LogP contribution is -2.16. The molecule has 4 N–H and O–H groups in total. The third kappa shape index (κ3) is 2.60. The molecule has 0 bridgehead atoms. The second-order valence-corrected chi connectivity index (χ2v) is 6.78. The highest BCUT2D eigenvalue weighted by Crippen LogP contribution is 2.35. The van der Waals surface area contributed by atoms with Crippen LogP contribution in [0, 0.1) is 12.7 Å². The minimum Gasteiger partial charge on any atom is -0.395 e. The number of nitrogen functional groups attached to an aromatic ring is 1. The molecule has 108 valence electrons. The summed E-state index contributed by atoms with van der Waals surface area (Å²) < 4.78 is 40.6. The molecule has 0 amide bonds. The van der Waals surface area contributed by atoms with Crippen LogP contribution in [-0.2, 0) is 10.0 Å². The Morgan fingerprint density at radius 1 is 1.55 bits per heavy atom. The maximum Gasteiger partial charge on any atom is 0.266 e. The number of sulfonamides is 1. The Hall–Kier alpha value is -1.32. The topological polar surface area (TPSA) is 101 Å². The van der Waals surface area contributed by atoms with E-state index in [0.717, 1.165) is 6.07 Å². The lowest BCUT2D eigenvalue weighted by atomic mass is 10.3. The SMILES string of the molecule is Cc1cn[nH]c1NS(=O)(=O)c1cc(Cl)c(Br)c(N)c1F. The van der Waals surface area contributed by atoms with E-state index in [1.54, 1.807) is 6.92 Å². The summed E-state index contributed by atoms with van der Waals surface area (Å²) >= 11 is 8.78. The fourth-order valence-electron chi connectivity index (χ4n) is 1.43. The molecule has 0 spiro atoms. The highest BCUT2D eigenvalue weighted by molar-refractivity contribution is 9.10. The van der Waals surface area contributed by atoms with Crippen molar-refractivity contribution in [1.29, 1.82) is 0 Å². The molecule has 0 radical (unpaired) electrons. The standard InChI is InChI=1S/C10H9BrClFN4O2S/c1-4-3-15-16-10(4)17-20(18,19)6-2-5(12)7(11)9(14)8(6)13/h2-3H,14H2,1H3,(H2,15,16,17). The van der Waals surface area contributed by atoms with Crippen LogP contribution in [0.1, 0.15) is 5.56 Å². The molecule has 0 aliphatic rings. The number of aryl methyl sites for hydroxylation is 1. The average molecular weight is 384 g/mol. The molecular formula is C10H9BrClFN4O2S. The van der Waals surface area contributed by atoms with Gasteiger partial charge in [-0.1, -0.05) is 11.6 Å². The number of nitrogens with zero attached hydrogens (tertiary/aromatic N) is 1. The zero-order valence-corrected chi connectivity index (χ0v) is 13.2. The van der Waals surface area contributed by atoms with Crippen LogP contribution < -0.4 is 10.5 Å². The molecule has 0 saturated carbocycles. The predicted molar refractivity (Wildman–Crippen MR) is 77.7 cm³/mol. The maximum atomic E-state index is 14.0. The first-order valence-corrected chi connectivity index (χ1v) is 7.85. The Bertz CT molecular complexity index is 778. The Balaban J connectivity index is 2.53. The molecule has 10 heteroatoms. The number of aromatic nitrogens is 2. The number of aromatic amines is 1. The van der Waals surface area contributed by atoms with Gasteiger partial charge in [0.15, 0.2) is 5.82 Å². The summed E-state index contributed by atoms with van der Waals surface area (Å²) in [5.74, 6) is -0.937. The molecule has 0 atom stereocenters. The zero-order chi connectivity index (χ0) is 15.1. The largest absolute Gasteiger partial charge is 0.395 e. The minimum absolute atomic E-state index is 0.00870. The van der Waals surface area contributed by atoms with Gasteiger partial charge in [-0.15, -0.1) is 0 Å². The van der Waals surface area contributed by atoms with E-state index in [2.05, 4.69) is 30.8 Å². The summed E-state index contributed by atoms with van der Waals surface area (Å²) in [6, 6.07) is 0.978. The van der Waals surface area contributed by atoms with Gasteiger partial charge in [-0.05, 0) is 28.9 Å². The van der Waals surface area contributed by atoms with Crippen molar-refractivity contribution in [2.45, 2.75) is 11.8 Å². The molecule has 1 heterocycles. The summed E-state index contributed by atoms with van der Waals surface area (Å²) in [5, 5.41) is 6.11. The second-order valence-electron chi connectivity index (χ2n) is 3.93. The Morgan fingerprint density at radius 3 is 2.75 bits per heavy atom. The van der Waals surface area contributed by atoms with Gasteiger partial charge >= 0.3 is 0 Å². The number of nitrogens with two attached hydrogens (primary N) is 1. The molecule has 0 aliphatic heterocycles. The van der Waals surface area contributed by atoms with Crippen LogP contribution in [0.2, 0.25) is 5.02 Å². The van der Waals surface area contributed by atoms with Gasteiger partial charge in [-0.25, -0.2) is 12.8 Å². The van der Waals surface area contributed by atoms with Crippen LogP contribution in [0.25, 0.3) is 0 Å². The van der Waals surface area contributed by atoms with Crippen molar-refractivity contribution >= 4 is 49.1 Å². The van der Waals surface area contributed by atoms with Gasteiger partial charge in [-0.2, -0.15) is 5.10 Å². The number of H-pyrrole nitrogens is 1. The normalized spacial score (nSPS) is 11.6. The molecule has 20 heavy (non-hydrogen) atoms. The average Bonchev–Trinajstić information content (AvgIpc) is 2.76. The number of anilines is 2. The fourth-order valence-corrected chi connectivity index (χ4v) is 3.20. The lowest BCUT2D eigenvalue weighted by Gasteiger charge is -2.11. The van der Waals surface area contributed by atoms with Crippen molar-refractivity contribution in [3.8, 4) is 0 Å². The Kier molecular flexibility index (Phi) is 3.94. The molecule has 1 aromatic heterocycles. The van der Waals surface area contributed by atoms with Crippen molar-refractivity contribution in [3.05, 3.63) is 33.1 Å². The molecule has 0 saturated heterocycles. The maximum absolute atomic E-state index is 14.0. The van der Waals surface area contributed by atoms with E-state index in [9.17, 15) is 12.8 Å². The smallest absolute Gasteiger partial charge is 0.266 e. The number of benzene rings is 1. The van der Waals surface area contributed by atoms with Gasteiger partial charge in [0.05, 0.1) is 21.4 Å². The van der Waals surface area contributed by atoms with Crippen molar-refractivity contribution < 1.29 is 12.8 Å². The van der Waals surface area contributed by atoms with E-state index in [-0.39, 0.29) is 21.0 Å². The van der Waals surface area contributed by atoms with Gasteiger partial charge in [0.1, 0.15) is 10.7 Å². The van der Waals surface area contributed by atoms with Gasteiger partial charge in [0.2, 0.25) is 0 Å². The van der Waals surface area contributed by atoms with E-state index >= 15 is 0 Å². The monoisotopic (exact) mass is 382 g/mol. The molecular weight excluding hydrogens is 375 g/mol.